The number of ether oxygens (including phenoxy) is 1. The van der Waals surface area contributed by atoms with Crippen molar-refractivity contribution in [3.8, 4) is 5.75 Å². The van der Waals surface area contributed by atoms with Crippen LogP contribution in [0.1, 0.15) is 23.5 Å². The molecule has 0 saturated carbocycles. The van der Waals surface area contributed by atoms with Crippen molar-refractivity contribution < 1.29 is 8.95 Å². The first-order valence-corrected chi connectivity index (χ1v) is 10.2. The van der Waals surface area contributed by atoms with Gasteiger partial charge in [0.05, 0.1) is 17.6 Å². The molecule has 1 heterocycles. The molecule has 0 aromatic heterocycles. The number of benzene rings is 2. The minimum atomic E-state index is -0.959. The maximum absolute atomic E-state index is 12.1. The molecular formula is C20H26N2O2S. The topological polar surface area (TPSA) is 55.6 Å². The highest BCUT2D eigenvalue weighted by atomic mass is 32.2. The number of hydrogen-bond donors (Lipinski definition) is 1. The van der Waals surface area contributed by atoms with E-state index in [9.17, 15) is 4.21 Å². The lowest BCUT2D eigenvalue weighted by Crippen LogP contribution is -2.42. The number of nitrogens with two attached hydrogens (primary N) is 1. The third-order valence-electron chi connectivity index (χ3n) is 4.76. The first-order chi connectivity index (χ1) is 12.2. The standard InChI is InChI=1S/C20H26N2O2S/c1-25(23)22-13-17(10-19(14-22)18-7-3-2-4-8-18)15-24-20-9-5-6-16(11-20)12-21/h2-9,11,17,19H,10,12-15,21H2,1H3/t17-,19-,25-/m0/s1. The quantitative estimate of drug-likeness (QED) is 0.864. The second-order valence-electron chi connectivity index (χ2n) is 6.64. The van der Waals surface area contributed by atoms with Crippen molar-refractivity contribution in [1.82, 2.24) is 4.31 Å². The molecular weight excluding hydrogens is 332 g/mol. The Hall–Kier alpha value is -1.69. The van der Waals surface area contributed by atoms with Gasteiger partial charge in [-0.25, -0.2) is 8.51 Å². The van der Waals surface area contributed by atoms with E-state index in [1.54, 1.807) is 6.26 Å². The van der Waals surface area contributed by atoms with Crippen molar-refractivity contribution in [2.45, 2.75) is 18.9 Å². The van der Waals surface area contributed by atoms with Gasteiger partial charge in [-0.2, -0.15) is 0 Å². The zero-order valence-electron chi connectivity index (χ0n) is 14.6. The molecule has 1 aliphatic heterocycles. The summed E-state index contributed by atoms with van der Waals surface area (Å²) in [5, 5.41) is 0. The van der Waals surface area contributed by atoms with E-state index in [-0.39, 0.29) is 0 Å². The second-order valence-corrected chi connectivity index (χ2v) is 8.01. The maximum Gasteiger partial charge on any atom is 0.119 e. The molecule has 5 heteroatoms. The van der Waals surface area contributed by atoms with Crippen LogP contribution in [0.15, 0.2) is 54.6 Å². The van der Waals surface area contributed by atoms with Gasteiger partial charge in [0.2, 0.25) is 0 Å². The lowest BCUT2D eigenvalue weighted by Gasteiger charge is -2.36. The predicted molar refractivity (Wildman–Crippen MR) is 103 cm³/mol. The molecule has 0 aliphatic carbocycles. The molecule has 0 amide bonds. The van der Waals surface area contributed by atoms with E-state index in [2.05, 4.69) is 28.6 Å². The van der Waals surface area contributed by atoms with Gasteiger partial charge in [-0.15, -0.1) is 0 Å². The van der Waals surface area contributed by atoms with E-state index < -0.39 is 11.0 Å². The van der Waals surface area contributed by atoms with E-state index in [0.29, 0.717) is 25.0 Å². The van der Waals surface area contributed by atoms with Crippen molar-refractivity contribution in [1.29, 1.82) is 0 Å². The van der Waals surface area contributed by atoms with Gasteiger partial charge < -0.3 is 10.5 Å². The molecule has 0 unspecified atom stereocenters. The number of rotatable bonds is 6. The molecule has 2 N–H and O–H groups in total. The summed E-state index contributed by atoms with van der Waals surface area (Å²) in [6, 6.07) is 18.4. The van der Waals surface area contributed by atoms with E-state index in [4.69, 9.17) is 10.5 Å². The molecule has 0 bridgehead atoms. The van der Waals surface area contributed by atoms with Crippen LogP contribution in [0.2, 0.25) is 0 Å². The predicted octanol–water partition coefficient (Wildman–Crippen LogP) is 2.92. The smallest absolute Gasteiger partial charge is 0.119 e. The molecule has 1 saturated heterocycles. The molecule has 3 rings (SSSR count). The lowest BCUT2D eigenvalue weighted by atomic mass is 9.86. The first-order valence-electron chi connectivity index (χ1n) is 8.71. The van der Waals surface area contributed by atoms with Gasteiger partial charge in [0.1, 0.15) is 5.75 Å². The van der Waals surface area contributed by atoms with Crippen LogP contribution in [0.5, 0.6) is 5.75 Å². The molecule has 25 heavy (non-hydrogen) atoms. The number of hydrogen-bond acceptors (Lipinski definition) is 3. The van der Waals surface area contributed by atoms with Gasteiger partial charge in [0.15, 0.2) is 0 Å². The largest absolute Gasteiger partial charge is 0.493 e. The fraction of sp³-hybridized carbons (Fsp3) is 0.400. The molecule has 1 aliphatic rings. The minimum Gasteiger partial charge on any atom is -0.493 e. The van der Waals surface area contributed by atoms with Gasteiger partial charge in [0, 0.05) is 31.8 Å². The van der Waals surface area contributed by atoms with Gasteiger partial charge in [0.25, 0.3) is 0 Å². The zero-order valence-corrected chi connectivity index (χ0v) is 15.5. The normalized spacial score (nSPS) is 22.5. The Morgan fingerprint density at radius 3 is 2.68 bits per heavy atom. The van der Waals surface area contributed by atoms with Crippen molar-refractivity contribution in [2.75, 3.05) is 26.0 Å². The minimum absolute atomic E-state index is 0.351. The van der Waals surface area contributed by atoms with Crippen LogP contribution >= 0.6 is 0 Å². The highest BCUT2D eigenvalue weighted by Gasteiger charge is 2.30. The molecule has 0 spiro atoms. The molecule has 4 nitrogen and oxygen atoms in total. The van der Waals surface area contributed by atoms with Crippen LogP contribution in [0.4, 0.5) is 0 Å². The van der Waals surface area contributed by atoms with Crippen molar-refractivity contribution in [3.63, 3.8) is 0 Å². The highest BCUT2D eigenvalue weighted by Crippen LogP contribution is 2.31. The summed E-state index contributed by atoms with van der Waals surface area (Å²) in [6.45, 7) is 2.79. The van der Waals surface area contributed by atoms with Crippen molar-refractivity contribution >= 4 is 11.0 Å². The molecule has 2 aromatic carbocycles. The van der Waals surface area contributed by atoms with Crippen LogP contribution in [0.25, 0.3) is 0 Å². The fourth-order valence-electron chi connectivity index (χ4n) is 3.43. The summed E-state index contributed by atoms with van der Waals surface area (Å²) in [5.41, 5.74) is 8.08. The number of piperidine rings is 1. The van der Waals surface area contributed by atoms with Crippen LogP contribution in [0.3, 0.4) is 0 Å². The third kappa shape index (κ3) is 4.91. The molecule has 1 fully saturated rings. The Morgan fingerprint density at radius 2 is 1.96 bits per heavy atom. The Labute approximate surface area is 152 Å². The summed E-state index contributed by atoms with van der Waals surface area (Å²) >= 11 is 0. The molecule has 0 radical (unpaired) electrons. The van der Waals surface area contributed by atoms with Crippen molar-refractivity contribution in [2.24, 2.45) is 11.7 Å². The van der Waals surface area contributed by atoms with Gasteiger partial charge >= 0.3 is 0 Å². The van der Waals surface area contributed by atoms with Gasteiger partial charge in [-0.05, 0) is 35.6 Å². The summed E-state index contributed by atoms with van der Waals surface area (Å²) < 4.78 is 20.1. The van der Waals surface area contributed by atoms with Crippen LogP contribution in [-0.2, 0) is 17.5 Å². The van der Waals surface area contributed by atoms with Gasteiger partial charge in [-0.1, -0.05) is 42.5 Å². The van der Waals surface area contributed by atoms with E-state index in [1.807, 2.05) is 30.3 Å². The Morgan fingerprint density at radius 1 is 1.16 bits per heavy atom. The summed E-state index contributed by atoms with van der Waals surface area (Å²) in [6.07, 6.45) is 2.81. The molecule has 134 valence electrons. The highest BCUT2D eigenvalue weighted by molar-refractivity contribution is 7.81. The maximum atomic E-state index is 12.1. The van der Waals surface area contributed by atoms with Crippen molar-refractivity contribution in [3.05, 3.63) is 65.7 Å². The average Bonchev–Trinajstić information content (AvgIpc) is 2.67. The summed E-state index contributed by atoms with van der Waals surface area (Å²) in [5.74, 6) is 1.60. The van der Waals surface area contributed by atoms with E-state index in [1.165, 1.54) is 5.56 Å². The first kappa shape index (κ1) is 18.1. The Bertz CT molecular complexity index is 708. The number of nitrogens with zero attached hydrogens (tertiary/aromatic N) is 1. The third-order valence-corrected chi connectivity index (χ3v) is 5.78. The summed E-state index contributed by atoms with van der Waals surface area (Å²) in [4.78, 5) is 0. The zero-order chi connectivity index (χ0) is 17.6. The summed E-state index contributed by atoms with van der Waals surface area (Å²) in [7, 11) is -0.959. The average molecular weight is 359 g/mol. The Balaban J connectivity index is 1.67. The SMILES string of the molecule is C[S@](=O)N1C[C@@H](COc2cccc(CN)c2)C[C@H](c2ccccc2)C1. The van der Waals surface area contributed by atoms with Gasteiger partial charge in [-0.3, -0.25) is 0 Å². The van der Waals surface area contributed by atoms with Crippen LogP contribution in [-0.4, -0.2) is 34.5 Å². The second kappa shape index (κ2) is 8.61. The monoisotopic (exact) mass is 358 g/mol. The van der Waals surface area contributed by atoms with E-state index >= 15 is 0 Å². The van der Waals surface area contributed by atoms with Crippen LogP contribution < -0.4 is 10.5 Å². The fourth-order valence-corrected chi connectivity index (χ4v) is 4.24. The Kier molecular flexibility index (Phi) is 6.24. The molecule has 2 aromatic rings. The van der Waals surface area contributed by atoms with Crippen LogP contribution in [0, 0.1) is 5.92 Å². The molecule has 3 atom stereocenters. The van der Waals surface area contributed by atoms with E-state index in [0.717, 1.165) is 30.8 Å². The lowest BCUT2D eigenvalue weighted by molar-refractivity contribution is 0.170.